The van der Waals surface area contributed by atoms with E-state index in [1.807, 2.05) is 18.2 Å². The van der Waals surface area contributed by atoms with Gasteiger partial charge in [0.05, 0.1) is 26.7 Å². The zero-order chi connectivity index (χ0) is 21.0. The summed E-state index contributed by atoms with van der Waals surface area (Å²) in [5, 5.41) is 4.56. The average molecular weight is 520 g/mol. The highest BCUT2D eigenvalue weighted by Crippen LogP contribution is 2.38. The van der Waals surface area contributed by atoms with Crippen LogP contribution in [-0.4, -0.2) is 7.11 Å². The van der Waals surface area contributed by atoms with Crippen molar-refractivity contribution in [3.63, 3.8) is 0 Å². The van der Waals surface area contributed by atoms with Gasteiger partial charge in [0.25, 0.3) is 0 Å². The van der Waals surface area contributed by atoms with Crippen LogP contribution in [0.15, 0.2) is 53.0 Å². The first-order valence-electron chi connectivity index (χ1n) is 8.50. The van der Waals surface area contributed by atoms with Crippen LogP contribution >= 0.6 is 50.7 Å². The molecule has 29 heavy (non-hydrogen) atoms. The van der Waals surface area contributed by atoms with Crippen molar-refractivity contribution in [3.05, 3.63) is 85.0 Å². The molecule has 0 atom stereocenters. The monoisotopic (exact) mass is 517 g/mol. The quantitative estimate of drug-likeness (QED) is 0.346. The van der Waals surface area contributed by atoms with Gasteiger partial charge < -0.3 is 14.8 Å². The van der Waals surface area contributed by atoms with E-state index in [1.165, 1.54) is 6.07 Å². The van der Waals surface area contributed by atoms with Crippen LogP contribution in [0.3, 0.4) is 0 Å². The molecule has 1 N–H and O–H groups in total. The molecule has 0 spiro atoms. The molecule has 0 heterocycles. The van der Waals surface area contributed by atoms with E-state index in [0.29, 0.717) is 37.6 Å². The largest absolute Gasteiger partial charge is 0.493 e. The van der Waals surface area contributed by atoms with Crippen LogP contribution in [0.25, 0.3) is 0 Å². The predicted octanol–water partition coefficient (Wildman–Crippen LogP) is 7.75. The minimum atomic E-state index is -0.421. The van der Waals surface area contributed by atoms with Gasteiger partial charge in [-0.15, -0.1) is 0 Å². The maximum atomic E-state index is 14.0. The molecular formula is C21H16BrCl3FNO2. The van der Waals surface area contributed by atoms with Crippen LogP contribution in [-0.2, 0) is 13.2 Å². The number of nitrogens with one attached hydrogen (secondary N) is 1. The van der Waals surface area contributed by atoms with Crippen molar-refractivity contribution >= 4 is 56.4 Å². The van der Waals surface area contributed by atoms with E-state index in [4.69, 9.17) is 44.3 Å². The number of halogens is 5. The second-order valence-electron chi connectivity index (χ2n) is 6.08. The van der Waals surface area contributed by atoms with Crippen molar-refractivity contribution in [1.29, 1.82) is 0 Å². The molecule has 0 saturated carbocycles. The zero-order valence-corrected chi connectivity index (χ0v) is 19.1. The first-order valence-corrected chi connectivity index (χ1v) is 10.4. The number of anilines is 1. The van der Waals surface area contributed by atoms with Crippen LogP contribution in [0.2, 0.25) is 15.1 Å². The molecule has 3 nitrogen and oxygen atoms in total. The maximum absolute atomic E-state index is 14.0. The van der Waals surface area contributed by atoms with E-state index >= 15 is 0 Å². The summed E-state index contributed by atoms with van der Waals surface area (Å²) in [6.45, 7) is 0.494. The van der Waals surface area contributed by atoms with Crippen molar-refractivity contribution < 1.29 is 13.9 Å². The first-order chi connectivity index (χ1) is 13.9. The zero-order valence-electron chi connectivity index (χ0n) is 15.2. The van der Waals surface area contributed by atoms with Crippen molar-refractivity contribution in [1.82, 2.24) is 0 Å². The molecule has 8 heteroatoms. The Morgan fingerprint density at radius 2 is 1.79 bits per heavy atom. The fraction of sp³-hybridized carbons (Fsp3) is 0.143. The molecule has 0 radical (unpaired) electrons. The third-order valence-corrected chi connectivity index (χ3v) is 5.81. The third-order valence-electron chi connectivity index (χ3n) is 4.13. The SMILES string of the molecule is COc1cc(CNc2ccc(Cl)c(Cl)c2)cc(Br)c1OCc1c(F)cccc1Cl. The van der Waals surface area contributed by atoms with Crippen molar-refractivity contribution in [2.45, 2.75) is 13.2 Å². The van der Waals surface area contributed by atoms with Crippen LogP contribution in [0.4, 0.5) is 10.1 Å². The lowest BCUT2D eigenvalue weighted by molar-refractivity contribution is 0.278. The van der Waals surface area contributed by atoms with Gasteiger partial charge in [-0.2, -0.15) is 0 Å². The number of ether oxygens (including phenoxy) is 2. The molecule has 0 aliphatic heterocycles. The Bertz CT molecular complexity index is 1010. The average Bonchev–Trinajstić information content (AvgIpc) is 2.69. The minimum absolute atomic E-state index is 0.0265. The molecule has 3 aromatic rings. The minimum Gasteiger partial charge on any atom is -0.493 e. The Kier molecular flexibility index (Phi) is 7.52. The summed E-state index contributed by atoms with van der Waals surface area (Å²) in [6.07, 6.45) is 0. The Morgan fingerprint density at radius 1 is 1.00 bits per heavy atom. The summed E-state index contributed by atoms with van der Waals surface area (Å²) in [6, 6.07) is 13.6. The number of benzene rings is 3. The highest BCUT2D eigenvalue weighted by molar-refractivity contribution is 9.10. The number of hydrogen-bond donors (Lipinski definition) is 1. The highest BCUT2D eigenvalue weighted by atomic mass is 79.9. The molecule has 3 rings (SSSR count). The number of rotatable bonds is 7. The standard InChI is InChI=1S/C21H16BrCl3FNO2/c1-28-20-8-12(10-27-13-5-6-17(24)18(25)9-13)7-15(22)21(20)29-11-14-16(23)3-2-4-19(14)26/h2-9,27H,10-11H2,1H3. The second kappa shape index (κ2) is 9.90. The molecule has 152 valence electrons. The number of hydrogen-bond acceptors (Lipinski definition) is 3. The second-order valence-corrected chi connectivity index (χ2v) is 8.16. The van der Waals surface area contributed by atoms with Gasteiger partial charge in [-0.1, -0.05) is 40.9 Å². The summed E-state index contributed by atoms with van der Waals surface area (Å²) in [4.78, 5) is 0. The van der Waals surface area contributed by atoms with Gasteiger partial charge in [0, 0.05) is 17.8 Å². The van der Waals surface area contributed by atoms with Gasteiger partial charge in [-0.25, -0.2) is 4.39 Å². The lowest BCUT2D eigenvalue weighted by Gasteiger charge is -2.16. The summed E-state index contributed by atoms with van der Waals surface area (Å²) < 4.78 is 25.9. The van der Waals surface area contributed by atoms with E-state index in [1.54, 1.807) is 31.4 Å². The molecule has 0 bridgehead atoms. The van der Waals surface area contributed by atoms with Crippen LogP contribution < -0.4 is 14.8 Å². The molecule has 3 aromatic carbocycles. The Labute approximate surface area is 191 Å². The van der Waals surface area contributed by atoms with E-state index in [0.717, 1.165) is 11.3 Å². The summed E-state index contributed by atoms with van der Waals surface area (Å²) in [7, 11) is 1.54. The third kappa shape index (κ3) is 5.48. The van der Waals surface area contributed by atoms with Gasteiger partial charge in [0.2, 0.25) is 0 Å². The van der Waals surface area contributed by atoms with Crippen LogP contribution in [0, 0.1) is 5.82 Å². The molecule has 0 unspecified atom stereocenters. The summed E-state index contributed by atoms with van der Waals surface area (Å²) in [5.41, 5.74) is 2.06. The lowest BCUT2D eigenvalue weighted by Crippen LogP contribution is -2.04. The Balaban J connectivity index is 1.75. The number of methoxy groups -OCH3 is 1. The molecule has 0 saturated heterocycles. The highest BCUT2D eigenvalue weighted by Gasteiger charge is 2.14. The first kappa shape index (κ1) is 22.0. The molecule has 0 amide bonds. The predicted molar refractivity (Wildman–Crippen MR) is 120 cm³/mol. The lowest BCUT2D eigenvalue weighted by atomic mass is 10.2. The summed E-state index contributed by atoms with van der Waals surface area (Å²) >= 11 is 21.6. The van der Waals surface area contributed by atoms with E-state index in [-0.39, 0.29) is 12.2 Å². The Hall–Kier alpha value is -1.66. The molecule has 0 fully saturated rings. The topological polar surface area (TPSA) is 30.5 Å². The fourth-order valence-corrected chi connectivity index (χ4v) is 3.76. The van der Waals surface area contributed by atoms with E-state index in [2.05, 4.69) is 21.2 Å². The molecular weight excluding hydrogens is 503 g/mol. The molecule has 0 aliphatic rings. The van der Waals surface area contributed by atoms with Gasteiger partial charge in [0.15, 0.2) is 11.5 Å². The smallest absolute Gasteiger partial charge is 0.175 e. The fourth-order valence-electron chi connectivity index (χ4n) is 2.64. The van der Waals surface area contributed by atoms with Crippen molar-refractivity contribution in [2.24, 2.45) is 0 Å². The van der Waals surface area contributed by atoms with Gasteiger partial charge in [-0.3, -0.25) is 0 Å². The van der Waals surface area contributed by atoms with E-state index < -0.39 is 5.82 Å². The normalized spacial score (nSPS) is 10.7. The van der Waals surface area contributed by atoms with Crippen molar-refractivity contribution in [2.75, 3.05) is 12.4 Å². The summed E-state index contributed by atoms with van der Waals surface area (Å²) in [5.74, 6) is 0.554. The Morgan fingerprint density at radius 3 is 2.48 bits per heavy atom. The van der Waals surface area contributed by atoms with Crippen LogP contribution in [0.5, 0.6) is 11.5 Å². The van der Waals surface area contributed by atoms with Crippen molar-refractivity contribution in [3.8, 4) is 11.5 Å². The van der Waals surface area contributed by atoms with Gasteiger partial charge >= 0.3 is 0 Å². The van der Waals surface area contributed by atoms with E-state index in [9.17, 15) is 4.39 Å². The maximum Gasteiger partial charge on any atom is 0.175 e. The van der Waals surface area contributed by atoms with Gasteiger partial charge in [0.1, 0.15) is 12.4 Å². The van der Waals surface area contributed by atoms with Gasteiger partial charge in [-0.05, 0) is 64.0 Å². The molecule has 0 aliphatic carbocycles. The van der Waals surface area contributed by atoms with Crippen LogP contribution in [0.1, 0.15) is 11.1 Å². The molecule has 0 aromatic heterocycles.